The highest BCUT2D eigenvalue weighted by Gasteiger charge is 2.59. The molecule has 16 heavy (non-hydrogen) atoms. The Kier molecular flexibility index (Phi) is 2.72. The number of esters is 1. The van der Waals surface area contributed by atoms with Crippen molar-refractivity contribution in [3.8, 4) is 0 Å². The van der Waals surface area contributed by atoms with Crippen LogP contribution in [-0.4, -0.2) is 18.7 Å². The quantitative estimate of drug-likeness (QED) is 0.579. The molecule has 3 nitrogen and oxygen atoms in total. The lowest BCUT2D eigenvalue weighted by Gasteiger charge is -2.07. The second-order valence-electron chi connectivity index (χ2n) is 4.23. The number of aryl methyl sites for hydroxylation is 1. The molecule has 0 aliphatic carbocycles. The number of benzene rings is 1. The third kappa shape index (κ3) is 1.83. The van der Waals surface area contributed by atoms with Crippen LogP contribution in [0, 0.1) is 6.92 Å². The maximum absolute atomic E-state index is 11.5. The first-order valence-electron chi connectivity index (χ1n) is 5.49. The Morgan fingerprint density at radius 3 is 2.94 bits per heavy atom. The summed E-state index contributed by atoms with van der Waals surface area (Å²) in [7, 11) is 0. The molecule has 0 amide bonds. The van der Waals surface area contributed by atoms with Crippen LogP contribution < -0.4 is 0 Å². The zero-order valence-electron chi connectivity index (χ0n) is 9.82. The van der Waals surface area contributed by atoms with Gasteiger partial charge in [-0.3, -0.25) is 0 Å². The number of hydrogen-bond donors (Lipinski definition) is 0. The Balaban J connectivity index is 2.15. The topological polar surface area (TPSA) is 38.8 Å². The largest absolute Gasteiger partial charge is 0.464 e. The maximum Gasteiger partial charge on any atom is 0.338 e. The maximum atomic E-state index is 11.5. The van der Waals surface area contributed by atoms with Crippen LogP contribution in [-0.2, 0) is 19.9 Å². The molecular formula is C13H16O3. The van der Waals surface area contributed by atoms with E-state index in [0.29, 0.717) is 6.61 Å². The Morgan fingerprint density at radius 2 is 2.31 bits per heavy atom. The molecular weight excluding hydrogens is 204 g/mol. The van der Waals surface area contributed by atoms with Gasteiger partial charge < -0.3 is 9.47 Å². The highest BCUT2D eigenvalue weighted by atomic mass is 16.7. The van der Waals surface area contributed by atoms with Crippen LogP contribution in [0.5, 0.6) is 0 Å². The average molecular weight is 220 g/mol. The fourth-order valence-corrected chi connectivity index (χ4v) is 1.87. The van der Waals surface area contributed by atoms with Crippen molar-refractivity contribution in [1.29, 1.82) is 0 Å². The molecule has 0 N–H and O–H groups in total. The Bertz CT molecular complexity index is 413. The Labute approximate surface area is 95.4 Å². The monoisotopic (exact) mass is 220 g/mol. The summed E-state index contributed by atoms with van der Waals surface area (Å²) >= 11 is 0. The van der Waals surface area contributed by atoms with Crippen molar-refractivity contribution in [2.75, 3.05) is 6.61 Å². The lowest BCUT2D eigenvalue weighted by atomic mass is 9.96. The summed E-state index contributed by atoms with van der Waals surface area (Å²) in [5.41, 5.74) is 1.69. The second kappa shape index (κ2) is 3.91. The van der Waals surface area contributed by atoms with E-state index in [1.54, 1.807) is 6.92 Å². The van der Waals surface area contributed by atoms with Crippen molar-refractivity contribution in [3.63, 3.8) is 0 Å². The van der Waals surface area contributed by atoms with Crippen LogP contribution in [0.2, 0.25) is 0 Å². The van der Waals surface area contributed by atoms with Crippen LogP contribution in [0.1, 0.15) is 25.0 Å². The van der Waals surface area contributed by atoms with Crippen LogP contribution in [0.25, 0.3) is 0 Å². The lowest BCUT2D eigenvalue weighted by Crippen LogP contribution is -2.18. The first-order valence-corrected chi connectivity index (χ1v) is 5.49. The zero-order valence-corrected chi connectivity index (χ0v) is 9.82. The number of hydrogen-bond acceptors (Lipinski definition) is 3. The third-order valence-electron chi connectivity index (χ3n) is 2.90. The van der Waals surface area contributed by atoms with Crippen LogP contribution in [0.3, 0.4) is 0 Å². The van der Waals surface area contributed by atoms with Gasteiger partial charge in [0.05, 0.1) is 6.61 Å². The molecule has 1 heterocycles. The fraction of sp³-hybridized carbons (Fsp3) is 0.462. The minimum Gasteiger partial charge on any atom is -0.464 e. The van der Waals surface area contributed by atoms with Crippen molar-refractivity contribution < 1.29 is 14.3 Å². The van der Waals surface area contributed by atoms with Crippen LogP contribution >= 0.6 is 0 Å². The molecule has 1 aliphatic heterocycles. The molecule has 1 aromatic rings. The molecule has 0 bridgehead atoms. The normalized spacial score (nSPS) is 27.6. The van der Waals surface area contributed by atoms with Gasteiger partial charge in [-0.25, -0.2) is 4.79 Å². The lowest BCUT2D eigenvalue weighted by molar-refractivity contribution is -0.144. The molecule has 2 rings (SSSR count). The summed E-state index contributed by atoms with van der Waals surface area (Å²) in [4.78, 5) is 11.5. The van der Waals surface area contributed by atoms with E-state index in [0.717, 1.165) is 11.1 Å². The SMILES string of the molecule is CCOC(=O)C1OC1(C)c1cccc(C)c1. The van der Waals surface area contributed by atoms with Crippen molar-refractivity contribution >= 4 is 5.97 Å². The molecule has 0 spiro atoms. The molecule has 1 aliphatic rings. The molecule has 3 heteroatoms. The van der Waals surface area contributed by atoms with Crippen molar-refractivity contribution in [2.45, 2.75) is 32.5 Å². The standard InChI is InChI=1S/C13H16O3/c1-4-15-12(14)11-13(3,16-11)10-7-5-6-9(2)8-10/h5-8,11H,4H2,1-3H3. The van der Waals surface area contributed by atoms with Gasteiger partial charge in [-0.05, 0) is 26.3 Å². The van der Waals surface area contributed by atoms with E-state index in [9.17, 15) is 4.79 Å². The van der Waals surface area contributed by atoms with Gasteiger partial charge in [-0.2, -0.15) is 0 Å². The van der Waals surface area contributed by atoms with E-state index in [1.165, 1.54) is 0 Å². The van der Waals surface area contributed by atoms with Gasteiger partial charge in [0, 0.05) is 0 Å². The number of epoxide rings is 1. The van der Waals surface area contributed by atoms with Crippen LogP contribution in [0.4, 0.5) is 0 Å². The van der Waals surface area contributed by atoms with Crippen molar-refractivity contribution in [2.24, 2.45) is 0 Å². The molecule has 1 aromatic carbocycles. The summed E-state index contributed by atoms with van der Waals surface area (Å²) in [5.74, 6) is -0.272. The smallest absolute Gasteiger partial charge is 0.338 e. The molecule has 0 saturated carbocycles. The van der Waals surface area contributed by atoms with E-state index in [-0.39, 0.29) is 5.97 Å². The van der Waals surface area contributed by atoms with Gasteiger partial charge in [0.1, 0.15) is 5.60 Å². The summed E-state index contributed by atoms with van der Waals surface area (Å²) in [6.45, 7) is 6.13. The molecule has 1 fully saturated rings. The fourth-order valence-electron chi connectivity index (χ4n) is 1.87. The van der Waals surface area contributed by atoms with E-state index in [2.05, 4.69) is 0 Å². The summed E-state index contributed by atoms with van der Waals surface area (Å²) in [6.07, 6.45) is -0.450. The molecule has 1 saturated heterocycles. The van der Waals surface area contributed by atoms with E-state index < -0.39 is 11.7 Å². The first kappa shape index (κ1) is 11.1. The summed E-state index contributed by atoms with van der Waals surface area (Å²) < 4.78 is 10.4. The van der Waals surface area contributed by atoms with Gasteiger partial charge in [-0.1, -0.05) is 29.8 Å². The highest BCUT2D eigenvalue weighted by molar-refractivity contribution is 5.79. The molecule has 0 aromatic heterocycles. The van der Waals surface area contributed by atoms with Gasteiger partial charge in [-0.15, -0.1) is 0 Å². The predicted octanol–water partition coefficient (Wildman–Crippen LogP) is 2.17. The van der Waals surface area contributed by atoms with E-state index in [1.807, 2.05) is 38.1 Å². The van der Waals surface area contributed by atoms with E-state index >= 15 is 0 Å². The zero-order chi connectivity index (χ0) is 11.8. The summed E-state index contributed by atoms with van der Waals surface area (Å²) in [5, 5.41) is 0. The first-order chi connectivity index (χ1) is 7.58. The molecule has 0 radical (unpaired) electrons. The number of rotatable bonds is 3. The molecule has 2 unspecified atom stereocenters. The summed E-state index contributed by atoms with van der Waals surface area (Å²) in [6, 6.07) is 8.01. The van der Waals surface area contributed by atoms with Gasteiger partial charge in [0.15, 0.2) is 6.10 Å². The Hall–Kier alpha value is -1.35. The predicted molar refractivity (Wildman–Crippen MR) is 60.0 cm³/mol. The number of ether oxygens (including phenoxy) is 2. The average Bonchev–Trinajstić information content (AvgIpc) is 2.93. The highest BCUT2D eigenvalue weighted by Crippen LogP contribution is 2.46. The van der Waals surface area contributed by atoms with Gasteiger partial charge in [0.2, 0.25) is 0 Å². The van der Waals surface area contributed by atoms with Crippen molar-refractivity contribution in [3.05, 3.63) is 35.4 Å². The second-order valence-corrected chi connectivity index (χ2v) is 4.23. The minimum absolute atomic E-state index is 0.272. The molecule has 86 valence electrons. The number of carbonyl (C=O) groups is 1. The minimum atomic E-state index is -0.502. The van der Waals surface area contributed by atoms with E-state index in [4.69, 9.17) is 9.47 Å². The Morgan fingerprint density at radius 1 is 1.56 bits per heavy atom. The number of carbonyl (C=O) groups excluding carboxylic acids is 1. The third-order valence-corrected chi connectivity index (χ3v) is 2.90. The van der Waals surface area contributed by atoms with Crippen molar-refractivity contribution in [1.82, 2.24) is 0 Å². The van der Waals surface area contributed by atoms with Gasteiger partial charge in [0.25, 0.3) is 0 Å². The van der Waals surface area contributed by atoms with Gasteiger partial charge >= 0.3 is 5.97 Å². The molecule has 2 atom stereocenters. The van der Waals surface area contributed by atoms with Crippen LogP contribution in [0.15, 0.2) is 24.3 Å².